The molecule has 0 aliphatic rings. The van der Waals surface area contributed by atoms with Gasteiger partial charge in [-0.05, 0) is 31.5 Å². The van der Waals surface area contributed by atoms with Gasteiger partial charge in [0.25, 0.3) is 0 Å². The summed E-state index contributed by atoms with van der Waals surface area (Å²) in [6.45, 7) is 3.00. The molecule has 26 heavy (non-hydrogen) atoms. The van der Waals surface area contributed by atoms with E-state index in [1.165, 1.54) is 19.2 Å². The molecule has 0 saturated carbocycles. The third-order valence-electron chi connectivity index (χ3n) is 3.23. The van der Waals surface area contributed by atoms with E-state index in [1.54, 1.807) is 0 Å². The molecule has 6 heteroatoms. The number of para-hydroxylation sites is 1. The molecule has 3 aromatic rings. The first kappa shape index (κ1) is 22.7. The van der Waals surface area contributed by atoms with E-state index in [4.69, 9.17) is 45.0 Å². The number of rotatable bonds is 1. The van der Waals surface area contributed by atoms with E-state index in [0.29, 0.717) is 0 Å². The molecule has 2 aromatic carbocycles. The Morgan fingerprint density at radius 2 is 1.35 bits per heavy atom. The van der Waals surface area contributed by atoms with Gasteiger partial charge in [0.15, 0.2) is 0 Å². The fourth-order valence-corrected chi connectivity index (χ4v) is 1.60. The lowest BCUT2D eigenvalue weighted by Gasteiger charge is -2.25. The molecule has 1 aromatic heterocycles. The minimum atomic E-state index is -1.59. The predicted molar refractivity (Wildman–Crippen MR) is 111 cm³/mol. The van der Waals surface area contributed by atoms with Crippen LogP contribution >= 0.6 is 34.8 Å². The first-order chi connectivity index (χ1) is 12.1. The quantitative estimate of drug-likeness (QED) is 0.514. The van der Waals surface area contributed by atoms with E-state index in [2.05, 4.69) is 17.1 Å². The molecule has 0 saturated heterocycles. The largest absolute Gasteiger partial charge is 0.392 e. The summed E-state index contributed by atoms with van der Waals surface area (Å²) in [6, 6.07) is 21.6. The third kappa shape index (κ3) is 8.35. The minimum Gasteiger partial charge on any atom is -0.392 e. The van der Waals surface area contributed by atoms with Crippen LogP contribution in [0.15, 0.2) is 72.9 Å². The molecule has 0 unspecified atom stereocenters. The van der Waals surface area contributed by atoms with Crippen LogP contribution in [0.5, 0.6) is 0 Å². The molecule has 0 aliphatic carbocycles. The van der Waals surface area contributed by atoms with Gasteiger partial charge in [0, 0.05) is 11.6 Å². The Morgan fingerprint density at radius 3 is 1.81 bits per heavy atom. The predicted octanol–water partition coefficient (Wildman–Crippen LogP) is 5.54. The molecule has 0 bridgehead atoms. The maximum atomic E-state index is 8.96. The highest BCUT2D eigenvalue weighted by Crippen LogP contribution is 2.37. The maximum absolute atomic E-state index is 8.96. The highest BCUT2D eigenvalue weighted by atomic mass is 35.6. The number of pyridine rings is 1. The highest BCUT2D eigenvalue weighted by Gasteiger charge is 2.38. The van der Waals surface area contributed by atoms with Crippen LogP contribution in [0.3, 0.4) is 0 Å². The third-order valence-corrected chi connectivity index (χ3v) is 4.62. The van der Waals surface area contributed by atoms with Gasteiger partial charge in [-0.1, -0.05) is 89.4 Å². The van der Waals surface area contributed by atoms with Crippen LogP contribution in [0, 0.1) is 0 Å². The Kier molecular flexibility index (Phi) is 9.34. The summed E-state index contributed by atoms with van der Waals surface area (Å²) >= 11 is 15.9. The number of benzene rings is 2. The number of aliphatic hydroxyl groups is 2. The van der Waals surface area contributed by atoms with Crippen molar-refractivity contribution in [3.05, 3.63) is 78.5 Å². The molecule has 0 fully saturated rings. The molecular weight excluding hydrogens is 393 g/mol. The smallest absolute Gasteiger partial charge is 0.218 e. The van der Waals surface area contributed by atoms with Crippen LogP contribution < -0.4 is 0 Å². The topological polar surface area (TPSA) is 53.4 Å². The molecule has 0 aliphatic heterocycles. The average Bonchev–Trinajstić information content (AvgIpc) is 2.62. The van der Waals surface area contributed by atoms with Gasteiger partial charge in [-0.25, -0.2) is 0 Å². The Morgan fingerprint density at radius 1 is 0.846 bits per heavy atom. The number of hydrogen-bond donors (Lipinski definition) is 2. The second-order valence-electron chi connectivity index (χ2n) is 5.90. The fourth-order valence-electron chi connectivity index (χ4n) is 1.60. The SMILES string of the molecule is CC(C)(O)C(Cl)(Cl)Cl.OCc1ccccc1.c1ccc2ncccc2c1. The van der Waals surface area contributed by atoms with E-state index in [9.17, 15) is 0 Å². The van der Waals surface area contributed by atoms with Crippen molar-refractivity contribution in [1.82, 2.24) is 4.98 Å². The lowest BCUT2D eigenvalue weighted by Crippen LogP contribution is -2.35. The minimum absolute atomic E-state index is 0.140. The van der Waals surface area contributed by atoms with Gasteiger partial charge in [0.2, 0.25) is 3.79 Å². The second-order valence-corrected chi connectivity index (χ2v) is 8.18. The molecular formula is C20H22Cl3NO2. The maximum Gasteiger partial charge on any atom is 0.218 e. The van der Waals surface area contributed by atoms with Crippen molar-refractivity contribution >= 4 is 45.7 Å². The number of halogens is 3. The van der Waals surface area contributed by atoms with Gasteiger partial charge < -0.3 is 10.2 Å². The van der Waals surface area contributed by atoms with E-state index in [-0.39, 0.29) is 6.61 Å². The molecule has 1 heterocycles. The van der Waals surface area contributed by atoms with Crippen molar-refractivity contribution in [2.75, 3.05) is 0 Å². The fraction of sp³-hybridized carbons (Fsp3) is 0.250. The van der Waals surface area contributed by atoms with E-state index in [1.807, 2.05) is 60.8 Å². The summed E-state index contributed by atoms with van der Waals surface area (Å²) < 4.78 is -1.59. The van der Waals surface area contributed by atoms with Gasteiger partial charge in [-0.3, -0.25) is 4.98 Å². The first-order valence-electron chi connectivity index (χ1n) is 7.89. The molecule has 3 nitrogen and oxygen atoms in total. The second kappa shape index (κ2) is 10.7. The van der Waals surface area contributed by atoms with Crippen LogP contribution in [0.4, 0.5) is 0 Å². The Bertz CT molecular complexity index is 692. The molecule has 0 radical (unpaired) electrons. The summed E-state index contributed by atoms with van der Waals surface area (Å²) in [6.07, 6.45) is 1.81. The van der Waals surface area contributed by atoms with Gasteiger partial charge in [0.1, 0.15) is 5.60 Å². The lowest BCUT2D eigenvalue weighted by atomic mass is 10.2. The lowest BCUT2D eigenvalue weighted by molar-refractivity contribution is 0.0847. The average molecular weight is 415 g/mol. The highest BCUT2D eigenvalue weighted by molar-refractivity contribution is 6.68. The molecule has 0 atom stereocenters. The van der Waals surface area contributed by atoms with Crippen molar-refractivity contribution in [1.29, 1.82) is 0 Å². The first-order valence-corrected chi connectivity index (χ1v) is 9.02. The number of fused-ring (bicyclic) bond motifs is 1. The van der Waals surface area contributed by atoms with E-state index < -0.39 is 9.39 Å². The van der Waals surface area contributed by atoms with Crippen molar-refractivity contribution in [3.8, 4) is 0 Å². The Balaban J connectivity index is 0.000000198. The summed E-state index contributed by atoms with van der Waals surface area (Å²) in [5.74, 6) is 0. The molecule has 0 spiro atoms. The summed E-state index contributed by atoms with van der Waals surface area (Å²) in [5.41, 5.74) is 0.759. The van der Waals surface area contributed by atoms with Crippen LogP contribution in [-0.2, 0) is 6.61 Å². The summed E-state index contributed by atoms with van der Waals surface area (Å²) in [7, 11) is 0. The molecule has 2 N–H and O–H groups in total. The number of aliphatic hydroxyl groups excluding tert-OH is 1. The number of hydrogen-bond acceptors (Lipinski definition) is 3. The number of alkyl halides is 3. The van der Waals surface area contributed by atoms with Crippen molar-refractivity contribution < 1.29 is 10.2 Å². The van der Waals surface area contributed by atoms with Gasteiger partial charge in [-0.15, -0.1) is 0 Å². The van der Waals surface area contributed by atoms with Crippen LogP contribution in [0.1, 0.15) is 19.4 Å². The zero-order chi connectivity index (χ0) is 19.6. The normalized spacial score (nSPS) is 11.0. The van der Waals surface area contributed by atoms with Gasteiger partial charge >= 0.3 is 0 Å². The van der Waals surface area contributed by atoms with Crippen molar-refractivity contribution in [3.63, 3.8) is 0 Å². The summed E-state index contributed by atoms with van der Waals surface area (Å²) in [5, 5.41) is 18.7. The standard InChI is InChI=1S/C9H7N.C7H8O.C4H7Cl3O/c1-2-6-9-8(4-1)5-3-7-10-9;8-6-7-4-2-1-3-5-7;1-3(2,8)4(5,6)7/h1-7H;1-5,8H,6H2;8H,1-2H3. The molecule has 140 valence electrons. The van der Waals surface area contributed by atoms with Gasteiger partial charge in [0.05, 0.1) is 12.1 Å². The van der Waals surface area contributed by atoms with Gasteiger partial charge in [-0.2, -0.15) is 0 Å². The molecule has 0 amide bonds. The van der Waals surface area contributed by atoms with Crippen LogP contribution in [0.25, 0.3) is 10.9 Å². The number of nitrogens with zero attached hydrogens (tertiary/aromatic N) is 1. The van der Waals surface area contributed by atoms with E-state index >= 15 is 0 Å². The van der Waals surface area contributed by atoms with Crippen molar-refractivity contribution in [2.24, 2.45) is 0 Å². The van der Waals surface area contributed by atoms with E-state index in [0.717, 1.165) is 11.1 Å². The van der Waals surface area contributed by atoms with Crippen LogP contribution in [-0.4, -0.2) is 24.6 Å². The zero-order valence-electron chi connectivity index (χ0n) is 14.6. The van der Waals surface area contributed by atoms with Crippen molar-refractivity contribution in [2.45, 2.75) is 29.8 Å². The number of aromatic nitrogens is 1. The molecule has 3 rings (SSSR count). The van der Waals surface area contributed by atoms with Crippen LogP contribution in [0.2, 0.25) is 0 Å². The zero-order valence-corrected chi connectivity index (χ0v) is 16.9. The summed E-state index contributed by atoms with van der Waals surface area (Å²) in [4.78, 5) is 4.18. The Labute approximate surface area is 169 Å². The Hall–Kier alpha value is -1.36. The monoisotopic (exact) mass is 413 g/mol.